The Bertz CT molecular complexity index is 525. The first-order valence-electron chi connectivity index (χ1n) is 3.78. The molecule has 2 heterocycles. The van der Waals surface area contributed by atoms with Crippen LogP contribution in [0.25, 0.3) is 22.3 Å². The van der Waals surface area contributed by atoms with Crippen molar-refractivity contribution >= 4 is 22.3 Å². The number of fused-ring (bicyclic) bond motifs is 2. The van der Waals surface area contributed by atoms with Crippen molar-refractivity contribution in [3.8, 4) is 0 Å². The zero-order valence-electron chi connectivity index (χ0n) is 6.51. The largest absolute Gasteiger partial charge is 0.243 e. The van der Waals surface area contributed by atoms with Gasteiger partial charge in [-0.05, 0) is 22.4 Å². The summed E-state index contributed by atoms with van der Waals surface area (Å²) in [6.07, 6.45) is 0. The molecule has 0 spiro atoms. The van der Waals surface area contributed by atoms with E-state index in [1.54, 1.807) is 0 Å². The van der Waals surface area contributed by atoms with Crippen LogP contribution in [0.15, 0.2) is 28.9 Å². The van der Waals surface area contributed by atoms with E-state index in [9.17, 15) is 0 Å². The molecule has 0 aliphatic heterocycles. The fourth-order valence-corrected chi connectivity index (χ4v) is 1.20. The summed E-state index contributed by atoms with van der Waals surface area (Å²) in [5.74, 6) is 0. The molecule has 3 rings (SSSR count). The van der Waals surface area contributed by atoms with Crippen LogP contribution in [-0.4, -0.2) is 20.3 Å². The molecular weight excluding hydrogens is 168 g/mol. The molecule has 62 valence electrons. The molecule has 0 unspecified atom stereocenters. The van der Waals surface area contributed by atoms with Crippen molar-refractivity contribution in [1.82, 2.24) is 20.3 Å². The lowest BCUT2D eigenvalue weighted by molar-refractivity contribution is 0.314. The lowest BCUT2D eigenvalue weighted by Crippen LogP contribution is -1.85. The first kappa shape index (κ1) is 6.47. The lowest BCUT2D eigenvalue weighted by atomic mass is 10.3. The summed E-state index contributed by atoms with van der Waals surface area (Å²) in [5.41, 5.74) is 2.48. The Balaban J connectivity index is 2.57. The summed E-state index contributed by atoms with van der Waals surface area (Å²) >= 11 is 0. The number of hydrogen-bond donors (Lipinski definition) is 0. The third kappa shape index (κ3) is 0.868. The van der Waals surface area contributed by atoms with Crippen molar-refractivity contribution in [2.75, 3.05) is 0 Å². The Kier molecular flexibility index (Phi) is 1.11. The van der Waals surface area contributed by atoms with Crippen molar-refractivity contribution in [3.05, 3.63) is 24.3 Å². The average Bonchev–Trinajstić information content (AvgIpc) is 2.61. The number of nitrogens with zero attached hydrogens (tertiary/aromatic N) is 4. The second kappa shape index (κ2) is 2.22. The van der Waals surface area contributed by atoms with Gasteiger partial charge in [0.05, 0.1) is 11.0 Å². The van der Waals surface area contributed by atoms with Gasteiger partial charge in [-0.3, -0.25) is 0 Å². The molecule has 1 aromatic carbocycles. The third-order valence-corrected chi connectivity index (χ3v) is 1.79. The molecule has 3 aromatic rings. The Labute approximate surface area is 72.4 Å². The van der Waals surface area contributed by atoms with Gasteiger partial charge in [-0.15, -0.1) is 0 Å². The van der Waals surface area contributed by atoms with Gasteiger partial charge in [0.25, 0.3) is 0 Å². The molecule has 2 aromatic heterocycles. The van der Waals surface area contributed by atoms with Crippen LogP contribution in [0.4, 0.5) is 0 Å². The maximum absolute atomic E-state index is 4.51. The minimum absolute atomic E-state index is 0.443. The second-order valence-electron chi connectivity index (χ2n) is 2.62. The van der Waals surface area contributed by atoms with E-state index < -0.39 is 0 Å². The first-order chi connectivity index (χ1) is 6.43. The maximum atomic E-state index is 4.51. The Hall–Kier alpha value is -2.04. The van der Waals surface area contributed by atoms with Gasteiger partial charge in [0.2, 0.25) is 11.3 Å². The maximum Gasteiger partial charge on any atom is 0.243 e. The van der Waals surface area contributed by atoms with Gasteiger partial charge in [-0.2, -0.15) is 0 Å². The van der Waals surface area contributed by atoms with Gasteiger partial charge in [0, 0.05) is 0 Å². The zero-order chi connectivity index (χ0) is 8.67. The molecule has 0 aliphatic rings. The van der Waals surface area contributed by atoms with Gasteiger partial charge in [-0.25, -0.2) is 14.6 Å². The normalized spacial score (nSPS) is 11.1. The van der Waals surface area contributed by atoms with E-state index in [2.05, 4.69) is 24.9 Å². The Morgan fingerprint density at radius 1 is 0.846 bits per heavy atom. The van der Waals surface area contributed by atoms with Crippen LogP contribution in [0.3, 0.4) is 0 Å². The molecule has 0 fully saturated rings. The van der Waals surface area contributed by atoms with Gasteiger partial charge in [0.1, 0.15) is 0 Å². The molecule has 0 aliphatic carbocycles. The van der Waals surface area contributed by atoms with Crippen LogP contribution >= 0.6 is 0 Å². The van der Waals surface area contributed by atoms with Gasteiger partial charge in [-0.1, -0.05) is 12.1 Å². The van der Waals surface area contributed by atoms with Crippen molar-refractivity contribution in [2.45, 2.75) is 0 Å². The fourth-order valence-electron chi connectivity index (χ4n) is 1.20. The number of para-hydroxylation sites is 2. The molecule has 0 N–H and O–H groups in total. The highest BCUT2D eigenvalue weighted by Gasteiger charge is 2.04. The SMILES string of the molecule is c1ccc2nc3nonc3nc2c1. The van der Waals surface area contributed by atoms with Crippen LogP contribution in [0.5, 0.6) is 0 Å². The second-order valence-corrected chi connectivity index (χ2v) is 2.62. The third-order valence-electron chi connectivity index (χ3n) is 1.79. The van der Waals surface area contributed by atoms with Crippen LogP contribution < -0.4 is 0 Å². The van der Waals surface area contributed by atoms with E-state index in [0.717, 1.165) is 11.0 Å². The minimum atomic E-state index is 0.443. The van der Waals surface area contributed by atoms with E-state index >= 15 is 0 Å². The van der Waals surface area contributed by atoms with Crippen LogP contribution in [0, 0.1) is 0 Å². The van der Waals surface area contributed by atoms with E-state index in [0.29, 0.717) is 11.3 Å². The Morgan fingerprint density at radius 3 is 1.92 bits per heavy atom. The van der Waals surface area contributed by atoms with Crippen LogP contribution in [-0.2, 0) is 0 Å². The predicted molar refractivity (Wildman–Crippen MR) is 44.9 cm³/mol. The molecule has 0 saturated carbocycles. The van der Waals surface area contributed by atoms with Crippen LogP contribution in [0.1, 0.15) is 0 Å². The molecule has 0 saturated heterocycles. The summed E-state index contributed by atoms with van der Waals surface area (Å²) in [7, 11) is 0. The van der Waals surface area contributed by atoms with E-state index in [4.69, 9.17) is 0 Å². The van der Waals surface area contributed by atoms with Crippen LogP contribution in [0.2, 0.25) is 0 Å². The topological polar surface area (TPSA) is 64.7 Å². The number of rotatable bonds is 0. The van der Waals surface area contributed by atoms with Crippen molar-refractivity contribution < 1.29 is 4.63 Å². The van der Waals surface area contributed by atoms with E-state index in [1.165, 1.54) is 0 Å². The average molecular weight is 172 g/mol. The smallest absolute Gasteiger partial charge is 0.240 e. The van der Waals surface area contributed by atoms with Crippen molar-refractivity contribution in [1.29, 1.82) is 0 Å². The molecule has 0 radical (unpaired) electrons. The molecule has 13 heavy (non-hydrogen) atoms. The van der Waals surface area contributed by atoms with Crippen molar-refractivity contribution in [3.63, 3.8) is 0 Å². The minimum Gasteiger partial charge on any atom is -0.240 e. The predicted octanol–water partition coefficient (Wildman–Crippen LogP) is 1.17. The van der Waals surface area contributed by atoms with Gasteiger partial charge >= 0.3 is 0 Å². The Morgan fingerprint density at radius 2 is 1.38 bits per heavy atom. The highest BCUT2D eigenvalue weighted by molar-refractivity contribution is 5.81. The lowest BCUT2D eigenvalue weighted by Gasteiger charge is -1.91. The summed E-state index contributed by atoms with van der Waals surface area (Å²) in [6.45, 7) is 0. The van der Waals surface area contributed by atoms with E-state index in [-0.39, 0.29) is 0 Å². The summed E-state index contributed by atoms with van der Waals surface area (Å²) in [5, 5.41) is 7.22. The molecule has 0 bridgehead atoms. The quantitative estimate of drug-likeness (QED) is 0.509. The number of aromatic nitrogens is 4. The van der Waals surface area contributed by atoms with Gasteiger partial charge < -0.3 is 0 Å². The molecule has 0 amide bonds. The van der Waals surface area contributed by atoms with E-state index in [1.807, 2.05) is 24.3 Å². The highest BCUT2D eigenvalue weighted by Crippen LogP contribution is 2.11. The summed E-state index contributed by atoms with van der Waals surface area (Å²) < 4.78 is 4.51. The number of hydrogen-bond acceptors (Lipinski definition) is 5. The summed E-state index contributed by atoms with van der Waals surface area (Å²) in [4.78, 5) is 8.42. The molecule has 5 nitrogen and oxygen atoms in total. The summed E-state index contributed by atoms with van der Waals surface area (Å²) in [6, 6.07) is 7.54. The number of benzene rings is 1. The zero-order valence-corrected chi connectivity index (χ0v) is 6.51. The highest BCUT2D eigenvalue weighted by atomic mass is 16.6. The monoisotopic (exact) mass is 172 g/mol. The fraction of sp³-hybridized carbons (Fsp3) is 0. The van der Waals surface area contributed by atoms with Gasteiger partial charge in [0.15, 0.2) is 0 Å². The first-order valence-corrected chi connectivity index (χ1v) is 3.78. The van der Waals surface area contributed by atoms with Crippen molar-refractivity contribution in [2.24, 2.45) is 0 Å². The standard InChI is InChI=1S/C8H4N4O/c1-2-4-6-5(3-1)9-7-8(10-6)12-13-11-7/h1-4H. The molecule has 0 atom stereocenters. The molecular formula is C8H4N4O. The molecule has 5 heteroatoms.